The molecule has 47 heavy (non-hydrogen) atoms. The largest absolute Gasteiger partial charge is 0.508 e. The second kappa shape index (κ2) is 12.5. The van der Waals surface area contributed by atoms with Crippen LogP contribution in [0.3, 0.4) is 0 Å². The Morgan fingerprint density at radius 3 is 2.55 bits per heavy atom. The molecule has 5 heterocycles. The SMILES string of the molecule is CCN1CCC(NC(=O)N2C[C@H]3CC[C@@H](C2)N3c2nc(OC[C@@H]3CCCN3C)nc3cc(-c4cc(O)cc5ccccc45)ccc23)C1. The normalized spacial score (nSPS) is 24.9. The molecule has 4 fully saturated rings. The summed E-state index contributed by atoms with van der Waals surface area (Å²) in [5, 5.41) is 16.9. The summed E-state index contributed by atoms with van der Waals surface area (Å²) in [5.74, 6) is 1.13. The Bertz CT molecular complexity index is 1790. The molecule has 4 saturated heterocycles. The number of rotatable bonds is 7. The predicted molar refractivity (Wildman–Crippen MR) is 185 cm³/mol. The molecule has 4 aliphatic heterocycles. The fourth-order valence-electron chi connectivity index (χ4n) is 8.33. The van der Waals surface area contributed by atoms with Crippen LogP contribution in [0.5, 0.6) is 11.8 Å². The number of benzene rings is 3. The van der Waals surface area contributed by atoms with Gasteiger partial charge in [-0.15, -0.1) is 0 Å². The third kappa shape index (κ3) is 5.82. The van der Waals surface area contributed by atoms with E-state index in [0.29, 0.717) is 31.7 Å². The summed E-state index contributed by atoms with van der Waals surface area (Å²) in [5.41, 5.74) is 2.76. The number of anilines is 1. The van der Waals surface area contributed by atoms with Crippen molar-refractivity contribution in [1.82, 2.24) is 30.0 Å². The molecule has 1 aromatic heterocycles. The summed E-state index contributed by atoms with van der Waals surface area (Å²) in [4.78, 5) is 32.7. The van der Waals surface area contributed by atoms with E-state index in [4.69, 9.17) is 14.7 Å². The van der Waals surface area contributed by atoms with Gasteiger partial charge < -0.3 is 34.8 Å². The predicted octanol–water partition coefficient (Wildman–Crippen LogP) is 5.09. The van der Waals surface area contributed by atoms with Crippen molar-refractivity contribution in [2.75, 3.05) is 57.8 Å². The van der Waals surface area contributed by atoms with Gasteiger partial charge in [0.15, 0.2) is 0 Å². The molecule has 1 unspecified atom stereocenters. The minimum Gasteiger partial charge on any atom is -0.508 e. The lowest BCUT2D eigenvalue weighted by atomic mass is 9.97. The lowest BCUT2D eigenvalue weighted by molar-refractivity contribution is 0.178. The van der Waals surface area contributed by atoms with Crippen LogP contribution < -0.4 is 15.0 Å². The first kappa shape index (κ1) is 30.2. The fourth-order valence-corrected chi connectivity index (χ4v) is 8.33. The van der Waals surface area contributed by atoms with E-state index in [9.17, 15) is 9.90 Å². The minimum absolute atomic E-state index is 0.0599. The van der Waals surface area contributed by atoms with Crippen LogP contribution in [0, 0.1) is 0 Å². The van der Waals surface area contributed by atoms with E-state index in [-0.39, 0.29) is 29.9 Å². The Balaban J connectivity index is 1.12. The summed E-state index contributed by atoms with van der Waals surface area (Å²) in [7, 11) is 2.15. The quantitative estimate of drug-likeness (QED) is 0.290. The van der Waals surface area contributed by atoms with Gasteiger partial charge in [0.2, 0.25) is 0 Å². The molecule has 246 valence electrons. The number of carbonyl (C=O) groups is 1. The van der Waals surface area contributed by atoms with Crippen LogP contribution in [-0.4, -0.2) is 113 Å². The van der Waals surface area contributed by atoms with E-state index in [1.54, 1.807) is 6.07 Å². The molecule has 2 N–H and O–H groups in total. The highest BCUT2D eigenvalue weighted by Crippen LogP contribution is 2.40. The van der Waals surface area contributed by atoms with Gasteiger partial charge in [0.05, 0.1) is 5.52 Å². The van der Waals surface area contributed by atoms with Gasteiger partial charge in [0, 0.05) is 55.7 Å². The number of hydrogen-bond donors (Lipinski definition) is 2. The van der Waals surface area contributed by atoms with Gasteiger partial charge in [-0.3, -0.25) is 0 Å². The Morgan fingerprint density at radius 2 is 1.79 bits per heavy atom. The van der Waals surface area contributed by atoms with Crippen LogP contribution in [0.1, 0.15) is 39.0 Å². The van der Waals surface area contributed by atoms with Crippen LogP contribution in [0.2, 0.25) is 0 Å². The smallest absolute Gasteiger partial charge is 0.319 e. The van der Waals surface area contributed by atoms with Gasteiger partial charge in [-0.25, -0.2) is 4.79 Å². The topological polar surface area (TPSA) is 97.3 Å². The van der Waals surface area contributed by atoms with Crippen LogP contribution in [0.15, 0.2) is 54.6 Å². The second-order valence-corrected chi connectivity index (χ2v) is 13.9. The number of nitrogens with one attached hydrogen (secondary N) is 1. The number of urea groups is 1. The number of phenolic OH excluding ortho intramolecular Hbond substituents is 1. The number of amides is 2. The average molecular weight is 636 g/mol. The van der Waals surface area contributed by atoms with Gasteiger partial charge in [-0.05, 0) is 98.4 Å². The van der Waals surface area contributed by atoms with Crippen molar-refractivity contribution in [3.05, 3.63) is 54.6 Å². The molecular formula is C37H45N7O3. The number of aromatic hydroxyl groups is 1. The van der Waals surface area contributed by atoms with Crippen LogP contribution in [0.25, 0.3) is 32.8 Å². The van der Waals surface area contributed by atoms with Crippen molar-refractivity contribution >= 4 is 33.5 Å². The van der Waals surface area contributed by atoms with Crippen molar-refractivity contribution in [2.45, 2.75) is 63.2 Å². The summed E-state index contributed by atoms with van der Waals surface area (Å²) < 4.78 is 6.37. The molecule has 4 aliphatic rings. The maximum Gasteiger partial charge on any atom is 0.319 e. The van der Waals surface area contributed by atoms with E-state index in [2.05, 4.69) is 58.3 Å². The van der Waals surface area contributed by atoms with Gasteiger partial charge in [0.25, 0.3) is 0 Å². The molecular weight excluding hydrogens is 590 g/mol. The highest BCUT2D eigenvalue weighted by Gasteiger charge is 2.43. The lowest BCUT2D eigenvalue weighted by Gasteiger charge is -2.42. The van der Waals surface area contributed by atoms with Gasteiger partial charge in [0.1, 0.15) is 18.2 Å². The van der Waals surface area contributed by atoms with E-state index < -0.39 is 0 Å². The number of likely N-dealkylation sites (tertiary alicyclic amines) is 3. The van der Waals surface area contributed by atoms with E-state index in [1.807, 2.05) is 29.2 Å². The fraction of sp³-hybridized carbons (Fsp3) is 0.486. The van der Waals surface area contributed by atoms with Crippen LogP contribution >= 0.6 is 0 Å². The molecule has 0 radical (unpaired) electrons. The van der Waals surface area contributed by atoms with Crippen LogP contribution in [-0.2, 0) is 0 Å². The van der Waals surface area contributed by atoms with E-state index >= 15 is 0 Å². The number of hydrogen-bond acceptors (Lipinski definition) is 8. The zero-order valence-corrected chi connectivity index (χ0v) is 27.4. The molecule has 0 spiro atoms. The number of fused-ring (bicyclic) bond motifs is 4. The zero-order valence-electron chi connectivity index (χ0n) is 27.4. The molecule has 0 aliphatic carbocycles. The first-order valence-electron chi connectivity index (χ1n) is 17.4. The Hall–Kier alpha value is -4.15. The first-order chi connectivity index (χ1) is 22.9. The second-order valence-electron chi connectivity index (χ2n) is 13.9. The zero-order chi connectivity index (χ0) is 32.1. The van der Waals surface area contributed by atoms with Gasteiger partial charge in [-0.1, -0.05) is 37.3 Å². The standard InChI is InChI=1S/C37H45N7O3/c1-3-42-16-14-26(20-42)38-37(46)43-21-27-11-12-28(22-43)44(27)35-32-13-10-25(33-19-30(45)17-24-7-4-5-9-31(24)33)18-34(32)39-36(40-35)47-23-29-8-6-15-41(29)2/h4-5,7,9-10,13,17-19,26-29,45H,3,6,8,11-12,14-16,20-23H2,1-2H3,(H,38,46)/t26?,27-,28+,29-/m0/s1. The molecule has 2 bridgehead atoms. The minimum atomic E-state index is 0.0599. The molecule has 2 amide bonds. The number of likely N-dealkylation sites (N-methyl/N-ethyl adjacent to an activating group) is 2. The van der Waals surface area contributed by atoms with Crippen molar-refractivity contribution < 1.29 is 14.6 Å². The Kier molecular flexibility index (Phi) is 8.01. The molecule has 4 aromatic rings. The van der Waals surface area contributed by atoms with Gasteiger partial charge >= 0.3 is 12.0 Å². The average Bonchev–Trinajstić information content (AvgIpc) is 3.78. The Labute approximate surface area is 276 Å². The van der Waals surface area contributed by atoms with E-state index in [1.165, 1.54) is 6.42 Å². The monoisotopic (exact) mass is 635 g/mol. The highest BCUT2D eigenvalue weighted by atomic mass is 16.5. The molecule has 0 saturated carbocycles. The lowest BCUT2D eigenvalue weighted by Crippen LogP contribution is -2.58. The number of phenols is 1. The molecule has 10 nitrogen and oxygen atoms in total. The summed E-state index contributed by atoms with van der Waals surface area (Å²) in [6, 6.07) is 19.5. The number of carbonyl (C=O) groups excluding carboxylic acids is 1. The summed E-state index contributed by atoms with van der Waals surface area (Å²) in [6.07, 6.45) is 5.33. The van der Waals surface area contributed by atoms with Crippen molar-refractivity contribution in [3.8, 4) is 22.9 Å². The third-order valence-corrected chi connectivity index (χ3v) is 11.0. The van der Waals surface area contributed by atoms with E-state index in [0.717, 1.165) is 90.5 Å². The molecule has 4 atom stereocenters. The Morgan fingerprint density at radius 1 is 0.957 bits per heavy atom. The highest BCUT2D eigenvalue weighted by molar-refractivity contribution is 6.01. The number of ether oxygens (including phenoxy) is 1. The summed E-state index contributed by atoms with van der Waals surface area (Å²) in [6.45, 7) is 8.17. The number of nitrogens with zero attached hydrogens (tertiary/aromatic N) is 6. The van der Waals surface area contributed by atoms with Crippen molar-refractivity contribution in [2.24, 2.45) is 0 Å². The first-order valence-corrected chi connectivity index (χ1v) is 17.4. The van der Waals surface area contributed by atoms with Crippen LogP contribution in [0.4, 0.5) is 10.6 Å². The third-order valence-electron chi connectivity index (χ3n) is 11.0. The van der Waals surface area contributed by atoms with Crippen molar-refractivity contribution in [1.29, 1.82) is 0 Å². The maximum atomic E-state index is 13.4. The number of piperazine rings is 1. The van der Waals surface area contributed by atoms with Gasteiger partial charge in [-0.2, -0.15) is 9.97 Å². The maximum absolute atomic E-state index is 13.4. The summed E-state index contributed by atoms with van der Waals surface area (Å²) >= 11 is 0. The number of aromatic nitrogens is 2. The molecule has 8 rings (SSSR count). The molecule has 3 aromatic carbocycles. The molecule has 10 heteroatoms. The van der Waals surface area contributed by atoms with Crippen molar-refractivity contribution in [3.63, 3.8) is 0 Å².